The molecule has 0 aliphatic rings. The van der Waals surface area contributed by atoms with Gasteiger partial charge in [-0.05, 0) is 42.0 Å². The molecule has 11 rings (SSSR count). The number of nitrogens with zero attached hydrogens (tertiary/aromatic N) is 5. The molecule has 5 aromatic heterocycles. The fraction of sp³-hybridized carbons (Fsp3) is 0. The second-order valence-electron chi connectivity index (χ2n) is 13.7. The molecule has 8 heteroatoms. The standard InChI is InChI=1S/C49H29N5O2S/c1-3-31-32-20-13-22-36(45(32)57-40(31)4-2)49-53-47(29-17-9-6-10-18-29)52-48(54-49)35-21-14-24-38-41(35)33-26-25-30(27-39(33)55-38)42-44-43(34-19-11-12-23-37(34)56-44)51-46(50-42)28-15-7-5-8-16-28/h3-27H,1-2H2. The molecule has 0 spiro atoms. The summed E-state index contributed by atoms with van der Waals surface area (Å²) in [6.07, 6.45) is 3.76. The van der Waals surface area contributed by atoms with Gasteiger partial charge in [0.2, 0.25) is 0 Å². The number of furan rings is 2. The number of rotatable bonds is 7. The zero-order valence-electron chi connectivity index (χ0n) is 30.3. The normalized spacial score (nSPS) is 11.6. The van der Waals surface area contributed by atoms with Crippen molar-refractivity contribution in [3.63, 3.8) is 0 Å². The van der Waals surface area contributed by atoms with Crippen LogP contribution in [-0.4, -0.2) is 24.9 Å². The highest BCUT2D eigenvalue weighted by Crippen LogP contribution is 2.42. The summed E-state index contributed by atoms with van der Waals surface area (Å²) in [5.41, 5.74) is 9.73. The van der Waals surface area contributed by atoms with Crippen LogP contribution in [0.2, 0.25) is 0 Å². The Kier molecular flexibility index (Phi) is 7.52. The molecule has 0 saturated carbocycles. The average molecular weight is 752 g/mol. The summed E-state index contributed by atoms with van der Waals surface area (Å²) in [7, 11) is 0. The van der Waals surface area contributed by atoms with Crippen molar-refractivity contribution in [3.8, 4) is 56.8 Å². The third kappa shape index (κ3) is 5.30. The number of para-hydroxylation sites is 1. The zero-order chi connectivity index (χ0) is 38.0. The SMILES string of the molecule is C=Cc1sc2c(-c3nc(-c4ccccc4)nc(-c4cccc5oc6cc(-c7nc(-c8ccccc8)nc8c7oc7ccccc78)ccc6c45)n3)cccc2c1C=C. The van der Waals surface area contributed by atoms with E-state index in [0.29, 0.717) is 40.2 Å². The first-order valence-electron chi connectivity index (χ1n) is 18.5. The molecule has 0 bridgehead atoms. The minimum Gasteiger partial charge on any atom is -0.456 e. The maximum atomic E-state index is 6.63. The van der Waals surface area contributed by atoms with E-state index < -0.39 is 0 Å². The van der Waals surface area contributed by atoms with Crippen LogP contribution in [-0.2, 0) is 0 Å². The molecular formula is C49H29N5O2S. The van der Waals surface area contributed by atoms with Gasteiger partial charge in [0.05, 0.1) is 0 Å². The van der Waals surface area contributed by atoms with Crippen LogP contribution in [0.5, 0.6) is 0 Å². The summed E-state index contributed by atoms with van der Waals surface area (Å²) in [6.45, 7) is 8.14. The predicted octanol–water partition coefficient (Wildman–Crippen LogP) is 13.3. The van der Waals surface area contributed by atoms with E-state index in [1.54, 1.807) is 11.3 Å². The molecule has 0 aliphatic carbocycles. The van der Waals surface area contributed by atoms with Gasteiger partial charge < -0.3 is 8.83 Å². The number of aromatic nitrogens is 5. The van der Waals surface area contributed by atoms with Crippen LogP contribution in [0.1, 0.15) is 10.4 Å². The highest BCUT2D eigenvalue weighted by atomic mass is 32.1. The first kappa shape index (κ1) is 32.8. The molecule has 0 atom stereocenters. The van der Waals surface area contributed by atoms with Gasteiger partial charge >= 0.3 is 0 Å². The Morgan fingerprint density at radius 3 is 1.89 bits per heavy atom. The van der Waals surface area contributed by atoms with Gasteiger partial charge in [0, 0.05) is 58.9 Å². The lowest BCUT2D eigenvalue weighted by Crippen LogP contribution is -2.00. The Bertz CT molecular complexity index is 3400. The smallest absolute Gasteiger partial charge is 0.180 e. The average Bonchev–Trinajstić information content (AvgIpc) is 3.97. The minimum absolute atomic E-state index is 0.546. The van der Waals surface area contributed by atoms with E-state index in [9.17, 15) is 0 Å². The van der Waals surface area contributed by atoms with Crippen LogP contribution in [0.15, 0.2) is 162 Å². The van der Waals surface area contributed by atoms with Crippen molar-refractivity contribution in [3.05, 3.63) is 163 Å². The lowest BCUT2D eigenvalue weighted by molar-refractivity contribution is 0.666. The number of fused-ring (bicyclic) bond motifs is 7. The molecule has 0 aliphatic heterocycles. The Morgan fingerprint density at radius 1 is 0.474 bits per heavy atom. The number of thiophene rings is 1. The summed E-state index contributed by atoms with van der Waals surface area (Å²) in [6, 6.07) is 46.4. The first-order chi connectivity index (χ1) is 28.1. The van der Waals surface area contributed by atoms with Crippen LogP contribution in [0.3, 0.4) is 0 Å². The summed E-state index contributed by atoms with van der Waals surface area (Å²) >= 11 is 1.66. The Hall–Kier alpha value is -7.55. The molecule has 0 saturated heterocycles. The van der Waals surface area contributed by atoms with E-state index in [0.717, 1.165) is 81.2 Å². The summed E-state index contributed by atoms with van der Waals surface area (Å²) in [5.74, 6) is 2.33. The van der Waals surface area contributed by atoms with Crippen molar-refractivity contribution in [1.29, 1.82) is 0 Å². The number of hydrogen-bond donors (Lipinski definition) is 0. The molecule has 0 N–H and O–H groups in total. The molecule has 6 aromatic carbocycles. The zero-order valence-corrected chi connectivity index (χ0v) is 31.1. The fourth-order valence-corrected chi connectivity index (χ4v) is 8.85. The molecule has 0 amide bonds. The second-order valence-corrected chi connectivity index (χ2v) is 14.7. The van der Waals surface area contributed by atoms with Crippen molar-refractivity contribution in [2.75, 3.05) is 0 Å². The quantitative estimate of drug-likeness (QED) is 0.160. The van der Waals surface area contributed by atoms with Crippen molar-refractivity contribution in [2.24, 2.45) is 0 Å². The Morgan fingerprint density at radius 2 is 1.12 bits per heavy atom. The van der Waals surface area contributed by atoms with E-state index in [1.165, 1.54) is 0 Å². The topological polar surface area (TPSA) is 90.7 Å². The maximum absolute atomic E-state index is 6.63. The molecule has 268 valence electrons. The highest BCUT2D eigenvalue weighted by molar-refractivity contribution is 7.20. The molecule has 0 unspecified atom stereocenters. The number of benzene rings is 6. The van der Waals surface area contributed by atoms with Crippen molar-refractivity contribution < 1.29 is 8.83 Å². The van der Waals surface area contributed by atoms with Gasteiger partial charge in [-0.2, -0.15) is 0 Å². The van der Waals surface area contributed by atoms with E-state index in [2.05, 4.69) is 37.4 Å². The largest absolute Gasteiger partial charge is 0.456 e. The first-order valence-corrected chi connectivity index (χ1v) is 19.3. The molecule has 5 heterocycles. The summed E-state index contributed by atoms with van der Waals surface area (Å²) in [5, 5.41) is 3.86. The minimum atomic E-state index is 0.546. The van der Waals surface area contributed by atoms with Crippen LogP contribution in [0, 0.1) is 0 Å². The van der Waals surface area contributed by atoms with Gasteiger partial charge in [-0.1, -0.05) is 128 Å². The molecule has 7 nitrogen and oxygen atoms in total. The van der Waals surface area contributed by atoms with Crippen LogP contribution < -0.4 is 0 Å². The number of hydrogen-bond acceptors (Lipinski definition) is 8. The third-order valence-corrected chi connectivity index (χ3v) is 11.6. The maximum Gasteiger partial charge on any atom is 0.180 e. The third-order valence-electron chi connectivity index (χ3n) is 10.3. The molecule has 11 aromatic rings. The lowest BCUT2D eigenvalue weighted by atomic mass is 10.0. The van der Waals surface area contributed by atoms with E-state index in [1.807, 2.05) is 127 Å². The van der Waals surface area contributed by atoms with E-state index >= 15 is 0 Å². The highest BCUT2D eigenvalue weighted by Gasteiger charge is 2.22. The van der Waals surface area contributed by atoms with Gasteiger partial charge in [-0.15, -0.1) is 11.3 Å². The van der Waals surface area contributed by atoms with Crippen molar-refractivity contribution in [2.45, 2.75) is 0 Å². The molecule has 0 fully saturated rings. The fourth-order valence-electron chi connectivity index (χ4n) is 7.69. The van der Waals surface area contributed by atoms with Gasteiger partial charge in [-0.3, -0.25) is 0 Å². The van der Waals surface area contributed by atoms with Crippen LogP contribution >= 0.6 is 11.3 Å². The summed E-state index contributed by atoms with van der Waals surface area (Å²) in [4.78, 5) is 26.5. The van der Waals surface area contributed by atoms with E-state index in [4.69, 9.17) is 33.8 Å². The molecule has 57 heavy (non-hydrogen) atoms. The summed E-state index contributed by atoms with van der Waals surface area (Å²) < 4.78 is 14.1. The lowest BCUT2D eigenvalue weighted by Gasteiger charge is -2.10. The second kappa shape index (κ2) is 13.0. The Labute approximate surface area is 330 Å². The van der Waals surface area contributed by atoms with Crippen molar-refractivity contribution >= 4 is 77.6 Å². The monoisotopic (exact) mass is 751 g/mol. The molecular weight excluding hydrogens is 723 g/mol. The van der Waals surface area contributed by atoms with Crippen LogP contribution in [0.4, 0.5) is 0 Å². The van der Waals surface area contributed by atoms with Crippen molar-refractivity contribution in [1.82, 2.24) is 24.9 Å². The van der Waals surface area contributed by atoms with Crippen LogP contribution in [0.25, 0.3) is 123 Å². The van der Waals surface area contributed by atoms with Gasteiger partial charge in [0.25, 0.3) is 0 Å². The Balaban J connectivity index is 1.11. The van der Waals surface area contributed by atoms with E-state index in [-0.39, 0.29) is 0 Å². The van der Waals surface area contributed by atoms with Gasteiger partial charge in [0.15, 0.2) is 28.9 Å². The molecule has 0 radical (unpaired) electrons. The predicted molar refractivity (Wildman–Crippen MR) is 233 cm³/mol. The van der Waals surface area contributed by atoms with Gasteiger partial charge in [0.1, 0.15) is 28.0 Å². The van der Waals surface area contributed by atoms with Gasteiger partial charge in [-0.25, -0.2) is 24.9 Å².